The third-order valence-electron chi connectivity index (χ3n) is 18.5. The summed E-state index contributed by atoms with van der Waals surface area (Å²) in [5, 5.41) is 71.2. The minimum atomic E-state index is -1.27. The van der Waals surface area contributed by atoms with E-state index in [0.717, 1.165) is 80.9 Å². The molecule has 2 N–H and O–H groups in total. The van der Waals surface area contributed by atoms with Gasteiger partial charge in [-0.15, -0.1) is 0 Å². The number of carboxylic acids is 6. The quantitative estimate of drug-likeness (QED) is 0.0159. The Bertz CT molecular complexity index is 3640. The second-order valence-electron chi connectivity index (χ2n) is 27.3. The van der Waals surface area contributed by atoms with Crippen LogP contribution in [-0.4, -0.2) is 356 Å². The van der Waals surface area contributed by atoms with Crippen LogP contribution in [0.5, 0.6) is 0 Å². The fraction of sp³-hybridized carbons (Fsp3) is 0.514. The zero-order chi connectivity index (χ0) is 78.9. The van der Waals surface area contributed by atoms with Crippen molar-refractivity contribution in [2.45, 2.75) is 13.3 Å². The molecule has 36 heteroatoms. The summed E-state index contributed by atoms with van der Waals surface area (Å²) in [7, 11) is 25.8. The van der Waals surface area contributed by atoms with Gasteiger partial charge in [0.1, 0.15) is 0 Å². The van der Waals surface area contributed by atoms with Crippen LogP contribution < -0.4 is 39.4 Å². The van der Waals surface area contributed by atoms with Gasteiger partial charge in [-0.05, 0) is 78.7 Å². The summed E-state index contributed by atoms with van der Waals surface area (Å²) >= 11 is -0.931. The van der Waals surface area contributed by atoms with Crippen molar-refractivity contribution in [3.05, 3.63) is 104 Å². The maximum absolute atomic E-state index is 13.9. The molecule has 2 fully saturated rings. The molecule has 2 aliphatic rings. The molecule has 0 atom stereocenters. The van der Waals surface area contributed by atoms with E-state index >= 15 is 0 Å². The molecule has 0 spiro atoms. The van der Waals surface area contributed by atoms with E-state index in [-0.39, 0.29) is 248 Å². The molecule has 0 bridgehead atoms. The normalized spacial score (nSPS) is 15.3. The molecular formula is C74H103Cl2Eu2N16O14Zn2+3. The number of rotatable bonds is 28. The average molecular weight is 1950 g/mol. The van der Waals surface area contributed by atoms with Crippen LogP contribution in [0.2, 0.25) is 0 Å². The summed E-state index contributed by atoms with van der Waals surface area (Å²) in [5.74, 6) is -7.42. The van der Waals surface area contributed by atoms with Crippen LogP contribution in [0.15, 0.2) is 97.3 Å². The number of fused-ring (bicyclic) bond motifs is 6. The van der Waals surface area contributed by atoms with Crippen molar-refractivity contribution in [1.82, 2.24) is 58.8 Å². The number of nitrogens with zero attached hydrogens (tertiary/aromatic N) is 16. The molecule has 2 amide bonds. The summed E-state index contributed by atoms with van der Waals surface area (Å²) in [5.41, 5.74) is 3.54. The van der Waals surface area contributed by atoms with Gasteiger partial charge in [0, 0.05) is 236 Å². The average Bonchev–Trinajstić information content (AvgIpc) is 0.771. The summed E-state index contributed by atoms with van der Waals surface area (Å²) < 4.78 is 4.46. The minimum absolute atomic E-state index is 0. The molecule has 0 aliphatic carbocycles. The fourth-order valence-electron chi connectivity index (χ4n) is 12.6. The molecule has 6 aromatic rings. The monoisotopic (exact) mass is 1940 g/mol. The molecule has 30 nitrogen and oxygen atoms in total. The number of likely N-dealkylation sites (N-methyl/N-ethyl adjacent to an activating group) is 6. The number of carbonyl (C=O) groups is 8. The Morgan fingerprint density at radius 3 is 0.900 bits per heavy atom. The van der Waals surface area contributed by atoms with E-state index in [1.165, 1.54) is 0 Å². The maximum Gasteiger partial charge on any atom is 3.00 e. The van der Waals surface area contributed by atoms with Crippen molar-refractivity contribution in [3.8, 4) is 6.42 Å². The molecule has 592 valence electrons. The van der Waals surface area contributed by atoms with Gasteiger partial charge >= 0.3 is 145 Å². The van der Waals surface area contributed by atoms with Gasteiger partial charge in [-0.1, -0.05) is 36.4 Å². The molecule has 2 saturated heterocycles. The van der Waals surface area contributed by atoms with Crippen LogP contribution in [0.1, 0.15) is 0 Å². The molecule has 0 unspecified atom stereocenters. The van der Waals surface area contributed by atoms with Gasteiger partial charge in [0.25, 0.3) is 0 Å². The molecule has 2 aliphatic heterocycles. The first-order chi connectivity index (χ1) is 51.0. The number of halogens is 2. The van der Waals surface area contributed by atoms with Gasteiger partial charge in [-0.3, -0.25) is 58.4 Å². The first-order valence-electron chi connectivity index (χ1n) is 35.3. The Morgan fingerprint density at radius 2 is 0.655 bits per heavy atom. The van der Waals surface area contributed by atoms with Gasteiger partial charge in [0.05, 0.1) is 60.8 Å². The minimum Gasteiger partial charge on any atom is 0 e. The van der Waals surface area contributed by atoms with Crippen molar-refractivity contribution in [2.24, 2.45) is 0 Å². The molecule has 4 aromatic carbocycles. The molecular weight excluding hydrogens is 1840 g/mol. The van der Waals surface area contributed by atoms with Crippen molar-refractivity contribution in [1.29, 1.82) is 0 Å². The second-order valence-corrected chi connectivity index (χ2v) is 31.9. The van der Waals surface area contributed by atoms with Crippen molar-refractivity contribution < 1.29 is 212 Å². The molecule has 0 radical (unpaired) electrons. The summed E-state index contributed by atoms with van der Waals surface area (Å²) in [6.45, 7) is 7.83. The third kappa shape index (κ3) is 36.5. The second kappa shape index (κ2) is 54.1. The van der Waals surface area contributed by atoms with E-state index < -0.39 is 51.0 Å². The number of hydrogen-bond donors (Lipinski definition) is 2. The largest absolute Gasteiger partial charge is 3.00 e. The third-order valence-corrected chi connectivity index (χ3v) is 18.5. The molecule has 110 heavy (non-hydrogen) atoms. The van der Waals surface area contributed by atoms with Gasteiger partial charge in [0.2, 0.25) is 36.2 Å². The van der Waals surface area contributed by atoms with E-state index in [0.29, 0.717) is 52.6 Å². The topological polar surface area (TPSA) is 322 Å². The number of benzene rings is 4. The van der Waals surface area contributed by atoms with Crippen LogP contribution in [0.4, 0.5) is 11.4 Å². The Balaban J connectivity index is 0.000000688. The maximum atomic E-state index is 13.9. The van der Waals surface area contributed by atoms with Crippen LogP contribution >= 0.6 is 19.4 Å². The number of amides is 2. The number of hydrogen-bond acceptors (Lipinski definition) is 24. The predicted octanol–water partition coefficient (Wildman–Crippen LogP) is -3.42. The van der Waals surface area contributed by atoms with Crippen LogP contribution in [-0.2, 0) is 86.3 Å². The standard InChI is InChI=1S/2C36H52N8O7.C2H.2ClH.2Eu.2Zn/c2*1-37(2)11-12-38(3)27-44-22-28-7-5-6-8-30(28)31-21-29(9-10-32(31)44)39(4)33(45)23-40-13-15-41(24-34(46)47)17-19-43(26-36(50)51)20-18-42(16-14-40)25-35(48)49;1-2;;;;;;/h2*5-10,21-22H,11-20,23-27H2,1-4H3,(H2-,46,47,48,49,50,51);1H;2*1H;;;;/q;;-1;;;2*+3;;+2/p-4. The molecule has 4 heterocycles. The predicted molar refractivity (Wildman–Crippen MR) is 399 cm³/mol. The van der Waals surface area contributed by atoms with Gasteiger partial charge < -0.3 is 82.3 Å². The summed E-state index contributed by atoms with van der Waals surface area (Å²) in [6.07, 6.45) is 13.3. The SMILES string of the molecule is CN(C)CCN(C)C[n+]1cc2ccccc2c2cc(N(C)C(=O)CN3CCN(CC(=O)[O-])CCN(CC(=O)[O-])CCN(CC(=O)O)CC3)ccc21.CN(C)CCN(C)C[n+]1cc2ccccc2c2cc(N(C)C(=O)CN3CCN(CC(=O)[O-])CCN(CC(=O)[O-])CCN(CC(=O)O)CC3)ccc21.[C-]#C.[Cl][Zn][Cl].[Eu+3].[Eu+3].[Zn]. The Hall–Kier alpha value is -3.94. The molecule has 0 saturated carbocycles. The van der Waals surface area contributed by atoms with Gasteiger partial charge in [-0.25, -0.2) is 9.80 Å². The van der Waals surface area contributed by atoms with E-state index in [1.54, 1.807) is 53.3 Å². The summed E-state index contributed by atoms with van der Waals surface area (Å²) in [4.78, 5) is 123. The smallest absolute Gasteiger partial charge is 0 e. The number of anilines is 2. The van der Waals surface area contributed by atoms with E-state index in [9.17, 15) is 69.0 Å². The van der Waals surface area contributed by atoms with E-state index in [2.05, 4.69) is 114 Å². The Labute approximate surface area is 756 Å². The van der Waals surface area contributed by atoms with Gasteiger partial charge in [0.15, 0.2) is 12.4 Å². The van der Waals surface area contributed by atoms with E-state index in [1.807, 2.05) is 70.5 Å². The Kier molecular flexibility index (Phi) is 50.2. The number of carboxylic acid groups (broad SMARTS) is 6. The van der Waals surface area contributed by atoms with Crippen LogP contribution in [0, 0.1) is 112 Å². The Morgan fingerprint density at radius 1 is 0.409 bits per heavy atom. The van der Waals surface area contributed by atoms with Crippen molar-refractivity contribution >= 4 is 122 Å². The number of aliphatic carboxylic acids is 6. The first kappa shape index (κ1) is 102. The zero-order valence-corrected chi connectivity index (χ0v) is 76.7. The van der Waals surface area contributed by atoms with E-state index in [4.69, 9.17) is 25.8 Å². The van der Waals surface area contributed by atoms with Crippen molar-refractivity contribution in [3.63, 3.8) is 0 Å². The molecule has 8 rings (SSSR count). The first-order valence-corrected chi connectivity index (χ1v) is 43.1. The number of aromatic nitrogens is 2. The fourth-order valence-corrected chi connectivity index (χ4v) is 12.6. The number of carbonyl (C=O) groups excluding carboxylic acids is 6. The number of pyridine rings is 2. The van der Waals surface area contributed by atoms with Crippen LogP contribution in [0.25, 0.3) is 43.4 Å². The van der Waals surface area contributed by atoms with Crippen LogP contribution in [0.3, 0.4) is 0 Å². The zero-order valence-electron chi connectivity index (χ0n) is 64.4. The van der Waals surface area contributed by atoms with Crippen molar-refractivity contribution in [2.75, 3.05) is 249 Å². The number of terminal acetylenes is 1. The molecule has 2 aromatic heterocycles. The van der Waals surface area contributed by atoms with Gasteiger partial charge in [-0.2, -0.15) is 9.13 Å². The summed E-state index contributed by atoms with van der Waals surface area (Å²) in [6, 6.07) is 28.4.